The van der Waals surface area contributed by atoms with Crippen LogP contribution in [0.3, 0.4) is 0 Å². The first-order valence-electron chi connectivity index (χ1n) is 8.66. The van der Waals surface area contributed by atoms with E-state index in [9.17, 15) is 14.7 Å². The smallest absolute Gasteiger partial charge is 0.311 e. The van der Waals surface area contributed by atoms with Gasteiger partial charge in [-0.05, 0) is 24.1 Å². The van der Waals surface area contributed by atoms with Gasteiger partial charge in [-0.1, -0.05) is 11.6 Å². The van der Waals surface area contributed by atoms with Crippen LogP contribution in [0.5, 0.6) is 11.5 Å². The third-order valence-electron chi connectivity index (χ3n) is 5.50. The predicted molar refractivity (Wildman–Crippen MR) is 91.7 cm³/mol. The van der Waals surface area contributed by atoms with Gasteiger partial charge >= 0.3 is 5.97 Å². The molecule has 140 valence electrons. The highest BCUT2D eigenvalue weighted by Gasteiger charge is 2.54. The van der Waals surface area contributed by atoms with Crippen molar-refractivity contribution >= 4 is 23.5 Å². The summed E-state index contributed by atoms with van der Waals surface area (Å²) in [6, 6.07) is 3.46. The van der Waals surface area contributed by atoms with Crippen LogP contribution in [0.25, 0.3) is 0 Å². The number of carboxylic acids is 1. The van der Waals surface area contributed by atoms with Gasteiger partial charge in [0.1, 0.15) is 13.2 Å². The summed E-state index contributed by atoms with van der Waals surface area (Å²) in [5.74, 6) is -0.0851. The fourth-order valence-electron chi connectivity index (χ4n) is 4.04. The van der Waals surface area contributed by atoms with E-state index in [1.807, 2.05) is 0 Å². The molecule has 1 aromatic rings. The number of ether oxygens (including phenoxy) is 3. The van der Waals surface area contributed by atoms with Gasteiger partial charge in [-0.15, -0.1) is 0 Å². The Hall–Kier alpha value is -1.99. The summed E-state index contributed by atoms with van der Waals surface area (Å²) < 4.78 is 16.5. The van der Waals surface area contributed by atoms with Crippen molar-refractivity contribution < 1.29 is 28.9 Å². The van der Waals surface area contributed by atoms with E-state index in [4.69, 9.17) is 25.8 Å². The second-order valence-electron chi connectivity index (χ2n) is 7.04. The maximum absolute atomic E-state index is 12.8. The van der Waals surface area contributed by atoms with Crippen LogP contribution in [0, 0.1) is 11.3 Å². The van der Waals surface area contributed by atoms with Crippen molar-refractivity contribution in [2.45, 2.75) is 12.8 Å². The number of rotatable bonds is 3. The highest BCUT2D eigenvalue weighted by Crippen LogP contribution is 2.43. The Morgan fingerprint density at radius 1 is 1.27 bits per heavy atom. The molecule has 2 atom stereocenters. The molecule has 0 unspecified atom stereocenters. The molecule has 0 radical (unpaired) electrons. The maximum Gasteiger partial charge on any atom is 0.311 e. The Morgan fingerprint density at radius 3 is 2.85 bits per heavy atom. The van der Waals surface area contributed by atoms with Gasteiger partial charge in [-0.2, -0.15) is 0 Å². The van der Waals surface area contributed by atoms with Crippen molar-refractivity contribution in [3.63, 3.8) is 0 Å². The lowest BCUT2D eigenvalue weighted by molar-refractivity contribution is -0.157. The molecule has 1 N–H and O–H groups in total. The molecule has 3 aliphatic rings. The Balaban J connectivity index is 1.51. The number of carbonyl (C=O) groups excluding carboxylic acids is 1. The number of fused-ring (bicyclic) bond motifs is 2. The molecule has 0 aliphatic carbocycles. The monoisotopic (exact) mass is 381 g/mol. The first-order chi connectivity index (χ1) is 12.5. The Labute approximate surface area is 155 Å². The third-order valence-corrected chi connectivity index (χ3v) is 5.78. The number of carboxylic acid groups (broad SMARTS) is 1. The van der Waals surface area contributed by atoms with Crippen molar-refractivity contribution in [2.75, 3.05) is 39.5 Å². The molecule has 2 saturated heterocycles. The van der Waals surface area contributed by atoms with Crippen molar-refractivity contribution in [1.29, 1.82) is 0 Å². The first-order valence-corrected chi connectivity index (χ1v) is 9.04. The molecule has 2 fully saturated rings. The summed E-state index contributed by atoms with van der Waals surface area (Å²) in [6.07, 6.45) is 0.576. The molecule has 0 aromatic heterocycles. The van der Waals surface area contributed by atoms with Crippen LogP contribution in [0.1, 0.15) is 12.0 Å². The highest BCUT2D eigenvalue weighted by molar-refractivity contribution is 6.32. The molecule has 26 heavy (non-hydrogen) atoms. The van der Waals surface area contributed by atoms with Gasteiger partial charge in [0.25, 0.3) is 0 Å². The SMILES string of the molecule is O=C(Cc1cc(Cl)c2c(c1)OCCO2)N1C[C@H]2COCC[C@@]2(C(=O)O)C1. The van der Waals surface area contributed by atoms with E-state index in [1.165, 1.54) is 0 Å². The number of likely N-dealkylation sites (tertiary alicyclic amines) is 1. The van der Waals surface area contributed by atoms with E-state index in [-0.39, 0.29) is 24.8 Å². The standard InChI is InChI=1S/C18H20ClNO6/c19-13-5-11(6-14-16(13)26-4-3-25-14)7-15(21)20-8-12-9-24-2-1-18(12,10-20)17(22)23/h5-6,12H,1-4,7-10H2,(H,22,23)/t12-,18+/m0/s1. The summed E-state index contributed by atoms with van der Waals surface area (Å²) in [4.78, 5) is 26.3. The molecular weight excluding hydrogens is 362 g/mol. The van der Waals surface area contributed by atoms with Crippen molar-refractivity contribution in [3.8, 4) is 11.5 Å². The zero-order chi connectivity index (χ0) is 18.3. The van der Waals surface area contributed by atoms with Crippen molar-refractivity contribution in [2.24, 2.45) is 11.3 Å². The normalized spacial score (nSPS) is 27.1. The number of hydrogen-bond acceptors (Lipinski definition) is 5. The quantitative estimate of drug-likeness (QED) is 0.856. The largest absolute Gasteiger partial charge is 0.486 e. The second-order valence-corrected chi connectivity index (χ2v) is 7.44. The van der Waals surface area contributed by atoms with Crippen LogP contribution >= 0.6 is 11.6 Å². The van der Waals surface area contributed by atoms with Gasteiger partial charge in [-0.3, -0.25) is 9.59 Å². The summed E-state index contributed by atoms with van der Waals surface area (Å²) >= 11 is 6.23. The molecule has 0 spiro atoms. The van der Waals surface area contributed by atoms with Crippen LogP contribution in [-0.2, 0) is 20.7 Å². The topological polar surface area (TPSA) is 85.3 Å². The number of hydrogen-bond donors (Lipinski definition) is 1. The fourth-order valence-corrected chi connectivity index (χ4v) is 4.33. The summed E-state index contributed by atoms with van der Waals surface area (Å²) in [7, 11) is 0. The van der Waals surface area contributed by atoms with Crippen molar-refractivity contribution in [1.82, 2.24) is 4.90 Å². The molecule has 0 saturated carbocycles. The molecule has 8 heteroatoms. The molecule has 7 nitrogen and oxygen atoms in total. The van der Waals surface area contributed by atoms with E-state index < -0.39 is 11.4 Å². The number of halogens is 1. The number of amides is 1. The molecule has 3 heterocycles. The number of nitrogens with zero attached hydrogens (tertiary/aromatic N) is 1. The molecule has 1 amide bonds. The van der Waals surface area contributed by atoms with Gasteiger partial charge in [0, 0.05) is 25.6 Å². The number of carbonyl (C=O) groups is 2. The lowest BCUT2D eigenvalue weighted by atomic mass is 9.74. The van der Waals surface area contributed by atoms with Gasteiger partial charge in [0.05, 0.1) is 23.5 Å². The van der Waals surface area contributed by atoms with Gasteiger partial charge in [0.15, 0.2) is 11.5 Å². The summed E-state index contributed by atoms with van der Waals surface area (Å²) in [5.41, 5.74) is -0.169. The van der Waals surface area contributed by atoms with E-state index in [1.54, 1.807) is 17.0 Å². The minimum atomic E-state index is -0.891. The predicted octanol–water partition coefficient (Wildman–Crippen LogP) is 1.60. The van der Waals surface area contributed by atoms with Crippen LogP contribution in [0.15, 0.2) is 12.1 Å². The van der Waals surface area contributed by atoms with E-state index in [0.29, 0.717) is 55.9 Å². The first kappa shape index (κ1) is 17.4. The lowest BCUT2D eigenvalue weighted by Crippen LogP contribution is -2.45. The van der Waals surface area contributed by atoms with E-state index in [2.05, 4.69) is 0 Å². The van der Waals surface area contributed by atoms with Gasteiger partial charge in [0.2, 0.25) is 5.91 Å². The molecule has 3 aliphatic heterocycles. The van der Waals surface area contributed by atoms with Gasteiger partial charge in [-0.25, -0.2) is 0 Å². The minimum Gasteiger partial charge on any atom is -0.486 e. The van der Waals surface area contributed by atoms with Crippen LogP contribution in [-0.4, -0.2) is 61.4 Å². The minimum absolute atomic E-state index is 0.118. The fraction of sp³-hybridized carbons (Fsp3) is 0.556. The highest BCUT2D eigenvalue weighted by atomic mass is 35.5. The number of benzene rings is 1. The lowest BCUT2D eigenvalue weighted by Gasteiger charge is -2.33. The average molecular weight is 382 g/mol. The third kappa shape index (κ3) is 2.89. The summed E-state index contributed by atoms with van der Waals surface area (Å²) in [6.45, 7) is 2.32. The molecule has 0 bridgehead atoms. The zero-order valence-electron chi connectivity index (χ0n) is 14.2. The Kier molecular flexibility index (Phi) is 4.44. The van der Waals surface area contributed by atoms with E-state index in [0.717, 1.165) is 5.56 Å². The average Bonchev–Trinajstić information content (AvgIpc) is 3.03. The van der Waals surface area contributed by atoms with E-state index >= 15 is 0 Å². The second kappa shape index (κ2) is 6.63. The number of aliphatic carboxylic acids is 1. The van der Waals surface area contributed by atoms with Crippen molar-refractivity contribution in [3.05, 3.63) is 22.7 Å². The van der Waals surface area contributed by atoms with Crippen LogP contribution < -0.4 is 9.47 Å². The molecule has 1 aromatic carbocycles. The summed E-state index contributed by atoms with van der Waals surface area (Å²) in [5, 5.41) is 10.1. The van der Waals surface area contributed by atoms with Gasteiger partial charge < -0.3 is 24.2 Å². The molecule has 4 rings (SSSR count). The Bertz CT molecular complexity index is 753. The maximum atomic E-state index is 12.8. The Morgan fingerprint density at radius 2 is 2.08 bits per heavy atom. The zero-order valence-corrected chi connectivity index (χ0v) is 15.0. The molecular formula is C18H20ClNO6. The van der Waals surface area contributed by atoms with Crippen LogP contribution in [0.4, 0.5) is 0 Å². The van der Waals surface area contributed by atoms with Crippen LogP contribution in [0.2, 0.25) is 5.02 Å².